The first-order valence-electron chi connectivity index (χ1n) is 8.40. The SMILES string of the molecule is CC(C)c1cc(C(=O)N(Cc2ccncc2)C[C@@H]2CCCO2)no1. The summed E-state index contributed by atoms with van der Waals surface area (Å²) in [7, 11) is 0. The quantitative estimate of drug-likeness (QED) is 0.815. The van der Waals surface area contributed by atoms with Gasteiger partial charge in [0.15, 0.2) is 5.69 Å². The molecule has 0 bridgehead atoms. The van der Waals surface area contributed by atoms with E-state index in [1.165, 1.54) is 0 Å². The molecular weight excluding hydrogens is 306 g/mol. The Morgan fingerprint density at radius 3 is 2.79 bits per heavy atom. The number of amides is 1. The lowest BCUT2D eigenvalue weighted by Crippen LogP contribution is -2.37. The Bertz CT molecular complexity index is 663. The Labute approximate surface area is 141 Å². The maximum Gasteiger partial charge on any atom is 0.276 e. The molecule has 6 heteroatoms. The Kier molecular flexibility index (Phi) is 5.25. The van der Waals surface area contributed by atoms with Crippen molar-refractivity contribution in [2.24, 2.45) is 0 Å². The zero-order valence-electron chi connectivity index (χ0n) is 14.1. The van der Waals surface area contributed by atoms with Crippen molar-refractivity contribution in [1.82, 2.24) is 15.0 Å². The molecule has 1 fully saturated rings. The van der Waals surface area contributed by atoms with Gasteiger partial charge in [0, 0.05) is 44.1 Å². The molecule has 0 saturated carbocycles. The van der Waals surface area contributed by atoms with E-state index in [1.807, 2.05) is 26.0 Å². The minimum absolute atomic E-state index is 0.0901. The maximum absolute atomic E-state index is 12.9. The van der Waals surface area contributed by atoms with E-state index in [0.29, 0.717) is 18.8 Å². The zero-order chi connectivity index (χ0) is 16.9. The second-order valence-corrected chi connectivity index (χ2v) is 6.45. The van der Waals surface area contributed by atoms with Crippen LogP contribution in [0.2, 0.25) is 0 Å². The monoisotopic (exact) mass is 329 g/mol. The summed E-state index contributed by atoms with van der Waals surface area (Å²) >= 11 is 0. The maximum atomic E-state index is 12.9. The highest BCUT2D eigenvalue weighted by molar-refractivity contribution is 5.92. The van der Waals surface area contributed by atoms with Crippen LogP contribution in [0.25, 0.3) is 0 Å². The number of ether oxygens (including phenoxy) is 1. The van der Waals surface area contributed by atoms with Crippen molar-refractivity contribution in [3.63, 3.8) is 0 Å². The molecule has 0 unspecified atom stereocenters. The average molecular weight is 329 g/mol. The van der Waals surface area contributed by atoms with Crippen LogP contribution in [0, 0.1) is 0 Å². The van der Waals surface area contributed by atoms with Crippen LogP contribution < -0.4 is 0 Å². The largest absolute Gasteiger partial charge is 0.376 e. The molecule has 3 heterocycles. The molecule has 0 N–H and O–H groups in total. The number of pyridine rings is 1. The molecule has 128 valence electrons. The summed E-state index contributed by atoms with van der Waals surface area (Å²) < 4.78 is 11.0. The highest BCUT2D eigenvalue weighted by Crippen LogP contribution is 2.19. The standard InChI is InChI=1S/C18H23N3O3/c1-13(2)17-10-16(20-24-17)18(22)21(12-15-4-3-9-23-15)11-14-5-7-19-8-6-14/h5-8,10,13,15H,3-4,9,11-12H2,1-2H3/t15-/m0/s1. The molecule has 1 saturated heterocycles. The Morgan fingerprint density at radius 1 is 1.38 bits per heavy atom. The lowest BCUT2D eigenvalue weighted by atomic mass is 10.1. The molecule has 3 rings (SSSR count). The molecule has 2 aromatic heterocycles. The first-order chi connectivity index (χ1) is 11.6. The highest BCUT2D eigenvalue weighted by Gasteiger charge is 2.26. The van der Waals surface area contributed by atoms with Crippen LogP contribution in [0.5, 0.6) is 0 Å². The Morgan fingerprint density at radius 2 is 2.17 bits per heavy atom. The van der Waals surface area contributed by atoms with E-state index < -0.39 is 0 Å². The average Bonchev–Trinajstić information content (AvgIpc) is 3.26. The number of hydrogen-bond donors (Lipinski definition) is 0. The first-order valence-corrected chi connectivity index (χ1v) is 8.40. The fraction of sp³-hybridized carbons (Fsp3) is 0.500. The fourth-order valence-corrected chi connectivity index (χ4v) is 2.79. The topological polar surface area (TPSA) is 68.5 Å². The van der Waals surface area contributed by atoms with Gasteiger partial charge in [0.1, 0.15) is 5.76 Å². The van der Waals surface area contributed by atoms with Gasteiger partial charge in [-0.15, -0.1) is 0 Å². The predicted octanol–water partition coefficient (Wildman–Crippen LogP) is 3.01. The summed E-state index contributed by atoms with van der Waals surface area (Å²) in [4.78, 5) is 18.7. The van der Waals surface area contributed by atoms with E-state index in [0.717, 1.165) is 30.8 Å². The molecular formula is C18H23N3O3. The van der Waals surface area contributed by atoms with Crippen molar-refractivity contribution < 1.29 is 14.1 Å². The Balaban J connectivity index is 1.77. The van der Waals surface area contributed by atoms with Gasteiger partial charge in [-0.25, -0.2) is 0 Å². The van der Waals surface area contributed by atoms with Crippen molar-refractivity contribution in [2.45, 2.75) is 45.3 Å². The summed E-state index contributed by atoms with van der Waals surface area (Å²) in [6.07, 6.45) is 5.58. The van der Waals surface area contributed by atoms with E-state index in [1.54, 1.807) is 23.4 Å². The molecule has 24 heavy (non-hydrogen) atoms. The van der Waals surface area contributed by atoms with Crippen molar-refractivity contribution in [2.75, 3.05) is 13.2 Å². The molecule has 0 spiro atoms. The van der Waals surface area contributed by atoms with Gasteiger partial charge in [-0.2, -0.15) is 0 Å². The lowest BCUT2D eigenvalue weighted by molar-refractivity contribution is 0.0499. The summed E-state index contributed by atoms with van der Waals surface area (Å²) in [5, 5.41) is 3.96. The normalized spacial score (nSPS) is 17.4. The van der Waals surface area contributed by atoms with Gasteiger partial charge in [-0.1, -0.05) is 19.0 Å². The van der Waals surface area contributed by atoms with Gasteiger partial charge in [-0.05, 0) is 30.5 Å². The van der Waals surface area contributed by atoms with Crippen LogP contribution in [-0.2, 0) is 11.3 Å². The summed E-state index contributed by atoms with van der Waals surface area (Å²) in [5.74, 6) is 0.795. The second-order valence-electron chi connectivity index (χ2n) is 6.45. The second kappa shape index (κ2) is 7.57. The number of carbonyl (C=O) groups excluding carboxylic acids is 1. The van der Waals surface area contributed by atoms with Crippen LogP contribution in [-0.4, -0.2) is 40.2 Å². The van der Waals surface area contributed by atoms with Gasteiger partial charge in [-0.3, -0.25) is 9.78 Å². The zero-order valence-corrected chi connectivity index (χ0v) is 14.1. The van der Waals surface area contributed by atoms with Gasteiger partial charge < -0.3 is 14.2 Å². The third kappa shape index (κ3) is 4.00. The lowest BCUT2D eigenvalue weighted by Gasteiger charge is -2.24. The van der Waals surface area contributed by atoms with E-state index >= 15 is 0 Å². The van der Waals surface area contributed by atoms with Crippen molar-refractivity contribution in [3.8, 4) is 0 Å². The molecule has 0 radical (unpaired) electrons. The fourth-order valence-electron chi connectivity index (χ4n) is 2.79. The molecule has 1 amide bonds. The third-order valence-corrected chi connectivity index (χ3v) is 4.17. The molecule has 0 aliphatic carbocycles. The van der Waals surface area contributed by atoms with E-state index in [-0.39, 0.29) is 17.9 Å². The van der Waals surface area contributed by atoms with Gasteiger partial charge in [0.25, 0.3) is 5.91 Å². The molecule has 0 aromatic carbocycles. The van der Waals surface area contributed by atoms with Crippen molar-refractivity contribution >= 4 is 5.91 Å². The number of hydrogen-bond acceptors (Lipinski definition) is 5. The summed E-state index contributed by atoms with van der Waals surface area (Å²) in [5.41, 5.74) is 1.38. The van der Waals surface area contributed by atoms with Gasteiger partial charge in [0.05, 0.1) is 6.10 Å². The van der Waals surface area contributed by atoms with E-state index in [2.05, 4.69) is 10.1 Å². The highest BCUT2D eigenvalue weighted by atomic mass is 16.5. The predicted molar refractivity (Wildman–Crippen MR) is 88.5 cm³/mol. The van der Waals surface area contributed by atoms with Crippen molar-refractivity contribution in [1.29, 1.82) is 0 Å². The van der Waals surface area contributed by atoms with Crippen LogP contribution in [0.15, 0.2) is 35.1 Å². The van der Waals surface area contributed by atoms with Crippen molar-refractivity contribution in [3.05, 3.63) is 47.6 Å². The summed E-state index contributed by atoms with van der Waals surface area (Å²) in [6, 6.07) is 5.57. The van der Waals surface area contributed by atoms with E-state index in [4.69, 9.17) is 9.26 Å². The van der Waals surface area contributed by atoms with Gasteiger partial charge in [0.2, 0.25) is 0 Å². The molecule has 2 aromatic rings. The smallest absolute Gasteiger partial charge is 0.276 e. The number of aromatic nitrogens is 2. The minimum atomic E-state index is -0.127. The summed E-state index contributed by atoms with van der Waals surface area (Å²) in [6.45, 7) is 5.85. The van der Waals surface area contributed by atoms with Crippen LogP contribution in [0.3, 0.4) is 0 Å². The molecule has 6 nitrogen and oxygen atoms in total. The third-order valence-electron chi connectivity index (χ3n) is 4.17. The number of rotatable bonds is 6. The Hall–Kier alpha value is -2.21. The molecule has 1 aliphatic heterocycles. The number of nitrogens with zero attached hydrogens (tertiary/aromatic N) is 3. The van der Waals surface area contributed by atoms with Crippen LogP contribution in [0.1, 0.15) is 54.4 Å². The van der Waals surface area contributed by atoms with Gasteiger partial charge >= 0.3 is 0 Å². The number of carbonyl (C=O) groups is 1. The molecule has 1 atom stereocenters. The van der Waals surface area contributed by atoms with E-state index in [9.17, 15) is 4.79 Å². The minimum Gasteiger partial charge on any atom is -0.376 e. The van der Waals surface area contributed by atoms with Crippen LogP contribution >= 0.6 is 0 Å². The molecule has 1 aliphatic rings. The van der Waals surface area contributed by atoms with Crippen LogP contribution in [0.4, 0.5) is 0 Å². The first kappa shape index (κ1) is 16.6.